The number of carbonyl (C=O) groups is 1. The predicted molar refractivity (Wildman–Crippen MR) is 64.3 cm³/mol. The average Bonchev–Trinajstić information content (AvgIpc) is 2.25. The van der Waals surface area contributed by atoms with Gasteiger partial charge in [-0.05, 0) is 37.6 Å². The molecule has 1 aromatic carbocycles. The molecule has 0 aromatic heterocycles. The first-order valence-corrected chi connectivity index (χ1v) is 5.71. The summed E-state index contributed by atoms with van der Waals surface area (Å²) in [5.41, 5.74) is -0.0717. The molecule has 0 amide bonds. The standard InChI is InChI=1S/C13H18FNO2/c1-3-7-15-13(2,9-12(16)17)10-5-4-6-11(14)8-10/h4-6,8,15H,3,7,9H2,1-2H3,(H,16,17). The summed E-state index contributed by atoms with van der Waals surface area (Å²) < 4.78 is 13.2. The molecule has 4 heteroatoms. The second-order valence-corrected chi connectivity index (χ2v) is 4.34. The van der Waals surface area contributed by atoms with Crippen molar-refractivity contribution in [2.24, 2.45) is 0 Å². The van der Waals surface area contributed by atoms with Gasteiger partial charge in [-0.15, -0.1) is 0 Å². The molecule has 1 aromatic rings. The Morgan fingerprint density at radius 3 is 2.76 bits per heavy atom. The Hall–Kier alpha value is -1.42. The topological polar surface area (TPSA) is 49.3 Å². The summed E-state index contributed by atoms with van der Waals surface area (Å²) in [5, 5.41) is 12.1. The van der Waals surface area contributed by atoms with E-state index in [0.717, 1.165) is 6.42 Å². The molecule has 0 saturated carbocycles. The van der Waals surface area contributed by atoms with Crippen LogP contribution in [0.25, 0.3) is 0 Å². The lowest BCUT2D eigenvalue weighted by Gasteiger charge is -2.30. The number of hydrogen-bond acceptors (Lipinski definition) is 2. The highest BCUT2D eigenvalue weighted by Gasteiger charge is 2.29. The van der Waals surface area contributed by atoms with Crippen LogP contribution in [0.4, 0.5) is 4.39 Å². The number of halogens is 1. The van der Waals surface area contributed by atoms with Crippen molar-refractivity contribution >= 4 is 5.97 Å². The maximum absolute atomic E-state index is 13.2. The van der Waals surface area contributed by atoms with Crippen LogP contribution in [0.15, 0.2) is 24.3 Å². The Kier molecular flexibility index (Phi) is 4.63. The van der Waals surface area contributed by atoms with Gasteiger partial charge < -0.3 is 10.4 Å². The molecule has 0 aliphatic carbocycles. The number of hydrogen-bond donors (Lipinski definition) is 2. The molecule has 3 nitrogen and oxygen atoms in total. The normalized spacial score (nSPS) is 14.3. The molecular formula is C13H18FNO2. The van der Waals surface area contributed by atoms with Crippen LogP contribution in [-0.4, -0.2) is 17.6 Å². The van der Waals surface area contributed by atoms with Crippen LogP contribution in [0.5, 0.6) is 0 Å². The first-order valence-electron chi connectivity index (χ1n) is 5.71. The zero-order valence-electron chi connectivity index (χ0n) is 10.2. The third-order valence-electron chi connectivity index (χ3n) is 2.73. The average molecular weight is 239 g/mol. The van der Waals surface area contributed by atoms with Gasteiger partial charge in [0.2, 0.25) is 0 Å². The molecule has 2 N–H and O–H groups in total. The molecule has 0 aliphatic rings. The molecule has 0 aliphatic heterocycles. The summed E-state index contributed by atoms with van der Waals surface area (Å²) in [5.74, 6) is -1.25. The van der Waals surface area contributed by atoms with E-state index in [1.807, 2.05) is 6.92 Å². The molecule has 17 heavy (non-hydrogen) atoms. The molecule has 0 heterocycles. The summed E-state index contributed by atoms with van der Waals surface area (Å²) >= 11 is 0. The van der Waals surface area contributed by atoms with Crippen LogP contribution in [0.1, 0.15) is 32.3 Å². The Labute approximate surface area is 101 Å². The van der Waals surface area contributed by atoms with Crippen LogP contribution in [0.2, 0.25) is 0 Å². The summed E-state index contributed by atoms with van der Waals surface area (Å²) in [6.45, 7) is 4.48. The summed E-state index contributed by atoms with van der Waals surface area (Å²) in [6.07, 6.45) is 0.820. The lowest BCUT2D eigenvalue weighted by Crippen LogP contribution is -2.42. The van der Waals surface area contributed by atoms with Gasteiger partial charge in [-0.25, -0.2) is 4.39 Å². The van der Waals surface area contributed by atoms with Crippen molar-refractivity contribution in [2.75, 3.05) is 6.54 Å². The van der Waals surface area contributed by atoms with Crippen molar-refractivity contribution < 1.29 is 14.3 Å². The van der Waals surface area contributed by atoms with Crippen molar-refractivity contribution in [1.82, 2.24) is 5.32 Å². The largest absolute Gasteiger partial charge is 0.481 e. The Balaban J connectivity index is 2.99. The van der Waals surface area contributed by atoms with Crippen molar-refractivity contribution in [2.45, 2.75) is 32.2 Å². The zero-order chi connectivity index (χ0) is 12.9. The van der Waals surface area contributed by atoms with Gasteiger partial charge in [0.15, 0.2) is 0 Å². The number of nitrogens with one attached hydrogen (secondary N) is 1. The van der Waals surface area contributed by atoms with E-state index in [0.29, 0.717) is 12.1 Å². The van der Waals surface area contributed by atoms with Gasteiger partial charge in [-0.2, -0.15) is 0 Å². The van der Waals surface area contributed by atoms with E-state index in [2.05, 4.69) is 5.32 Å². The maximum Gasteiger partial charge on any atom is 0.305 e. The highest BCUT2D eigenvalue weighted by molar-refractivity contribution is 5.68. The van der Waals surface area contributed by atoms with E-state index in [1.165, 1.54) is 12.1 Å². The lowest BCUT2D eigenvalue weighted by atomic mass is 9.88. The van der Waals surface area contributed by atoms with Crippen LogP contribution in [0.3, 0.4) is 0 Å². The third kappa shape index (κ3) is 3.82. The Morgan fingerprint density at radius 2 is 2.24 bits per heavy atom. The second kappa shape index (κ2) is 5.77. The van der Waals surface area contributed by atoms with E-state index in [1.54, 1.807) is 19.1 Å². The minimum atomic E-state index is -0.902. The molecule has 0 spiro atoms. The van der Waals surface area contributed by atoms with E-state index < -0.39 is 11.5 Å². The maximum atomic E-state index is 13.2. The minimum absolute atomic E-state index is 0.0730. The van der Waals surface area contributed by atoms with E-state index in [9.17, 15) is 9.18 Å². The van der Waals surface area contributed by atoms with Gasteiger partial charge in [0.05, 0.1) is 12.0 Å². The van der Waals surface area contributed by atoms with Gasteiger partial charge in [0, 0.05) is 0 Å². The van der Waals surface area contributed by atoms with Crippen LogP contribution >= 0.6 is 0 Å². The van der Waals surface area contributed by atoms with Crippen molar-refractivity contribution in [3.8, 4) is 0 Å². The fourth-order valence-corrected chi connectivity index (χ4v) is 1.80. The summed E-state index contributed by atoms with van der Waals surface area (Å²) in [6, 6.07) is 6.07. The van der Waals surface area contributed by atoms with Gasteiger partial charge in [-0.1, -0.05) is 19.1 Å². The molecule has 0 radical (unpaired) electrons. The molecule has 1 atom stereocenters. The number of benzene rings is 1. The Morgan fingerprint density at radius 1 is 1.53 bits per heavy atom. The number of aliphatic carboxylic acids is 1. The van der Waals surface area contributed by atoms with Crippen molar-refractivity contribution in [3.05, 3.63) is 35.6 Å². The van der Waals surface area contributed by atoms with Crippen molar-refractivity contribution in [1.29, 1.82) is 0 Å². The molecule has 94 valence electrons. The molecule has 0 saturated heterocycles. The highest BCUT2D eigenvalue weighted by Crippen LogP contribution is 2.25. The monoisotopic (exact) mass is 239 g/mol. The zero-order valence-corrected chi connectivity index (χ0v) is 10.2. The smallest absolute Gasteiger partial charge is 0.305 e. The minimum Gasteiger partial charge on any atom is -0.481 e. The van der Waals surface area contributed by atoms with Crippen LogP contribution in [0, 0.1) is 5.82 Å². The van der Waals surface area contributed by atoms with E-state index in [4.69, 9.17) is 5.11 Å². The van der Waals surface area contributed by atoms with Crippen LogP contribution < -0.4 is 5.32 Å². The van der Waals surface area contributed by atoms with Crippen molar-refractivity contribution in [3.63, 3.8) is 0 Å². The highest BCUT2D eigenvalue weighted by atomic mass is 19.1. The second-order valence-electron chi connectivity index (χ2n) is 4.34. The first kappa shape index (κ1) is 13.6. The number of rotatable bonds is 6. The Bertz CT molecular complexity index is 395. The summed E-state index contributed by atoms with van der Waals surface area (Å²) in [7, 11) is 0. The molecule has 0 fully saturated rings. The predicted octanol–water partition coefficient (Wildman–Crippen LogP) is 2.52. The molecule has 1 rings (SSSR count). The molecular weight excluding hydrogens is 221 g/mol. The summed E-state index contributed by atoms with van der Waals surface area (Å²) in [4.78, 5) is 10.9. The lowest BCUT2D eigenvalue weighted by molar-refractivity contribution is -0.138. The number of carboxylic acids is 1. The quantitative estimate of drug-likeness (QED) is 0.802. The third-order valence-corrected chi connectivity index (χ3v) is 2.73. The van der Waals surface area contributed by atoms with Gasteiger partial charge in [0.1, 0.15) is 5.82 Å². The van der Waals surface area contributed by atoms with E-state index >= 15 is 0 Å². The fraction of sp³-hybridized carbons (Fsp3) is 0.462. The van der Waals surface area contributed by atoms with Crippen LogP contribution in [-0.2, 0) is 10.3 Å². The van der Waals surface area contributed by atoms with Gasteiger partial charge >= 0.3 is 5.97 Å². The van der Waals surface area contributed by atoms with Gasteiger partial charge in [0.25, 0.3) is 0 Å². The van der Waals surface area contributed by atoms with E-state index in [-0.39, 0.29) is 12.2 Å². The first-order chi connectivity index (χ1) is 7.98. The molecule has 0 bridgehead atoms. The fourth-order valence-electron chi connectivity index (χ4n) is 1.80. The van der Waals surface area contributed by atoms with Gasteiger partial charge in [-0.3, -0.25) is 4.79 Å². The number of carboxylic acid groups (broad SMARTS) is 1. The SMILES string of the molecule is CCCNC(C)(CC(=O)O)c1cccc(F)c1. The molecule has 1 unspecified atom stereocenters.